The number of hydrogen-bond acceptors (Lipinski definition) is 4. The summed E-state index contributed by atoms with van der Waals surface area (Å²) >= 11 is 1.60. The molecule has 27 heavy (non-hydrogen) atoms. The predicted molar refractivity (Wildman–Crippen MR) is 111 cm³/mol. The van der Waals surface area contributed by atoms with Crippen LogP contribution in [0.15, 0.2) is 16.9 Å². The fourth-order valence-electron chi connectivity index (χ4n) is 3.74. The van der Waals surface area contributed by atoms with E-state index in [0.717, 1.165) is 46.2 Å². The van der Waals surface area contributed by atoms with Gasteiger partial charge in [0.15, 0.2) is 5.82 Å². The molecule has 1 aliphatic carbocycles. The first kappa shape index (κ1) is 17.7. The quantitative estimate of drug-likeness (QED) is 0.651. The van der Waals surface area contributed by atoms with Gasteiger partial charge in [-0.2, -0.15) is 5.26 Å². The average Bonchev–Trinajstić information content (AvgIpc) is 3.02. The van der Waals surface area contributed by atoms with Crippen LogP contribution in [0.1, 0.15) is 51.4 Å². The first-order valence-electron chi connectivity index (χ1n) is 9.22. The lowest BCUT2D eigenvalue weighted by molar-refractivity contribution is 0.700. The number of nitrogens with zero attached hydrogens (tertiary/aromatic N) is 2. The molecule has 0 spiro atoms. The Balaban J connectivity index is 1.86. The number of allylic oxidation sites excluding steroid dienone is 1. The van der Waals surface area contributed by atoms with Crippen LogP contribution in [0.2, 0.25) is 0 Å². The zero-order chi connectivity index (χ0) is 19.1. The number of thiophene rings is 1. The topological polar surface area (TPSA) is 69.5 Å². The molecular formula is C22H21N3OS. The van der Waals surface area contributed by atoms with Gasteiger partial charge in [0.25, 0.3) is 5.56 Å². The first-order chi connectivity index (χ1) is 13.0. The van der Waals surface area contributed by atoms with E-state index < -0.39 is 0 Å². The molecule has 0 radical (unpaired) electrons. The van der Waals surface area contributed by atoms with Gasteiger partial charge in [0.2, 0.25) is 0 Å². The summed E-state index contributed by atoms with van der Waals surface area (Å²) in [7, 11) is 0. The summed E-state index contributed by atoms with van der Waals surface area (Å²) in [5.41, 5.74) is 5.88. The van der Waals surface area contributed by atoms with E-state index >= 15 is 0 Å². The maximum Gasteiger partial charge on any atom is 0.260 e. The number of fused-ring (bicyclic) bond motifs is 3. The number of hydrogen-bond donors (Lipinski definition) is 1. The fourth-order valence-corrected chi connectivity index (χ4v) is 5.00. The molecule has 0 aliphatic heterocycles. The summed E-state index contributed by atoms with van der Waals surface area (Å²) in [5, 5.41) is 10.4. The second kappa shape index (κ2) is 6.79. The molecule has 0 bridgehead atoms. The van der Waals surface area contributed by atoms with Crippen molar-refractivity contribution in [2.75, 3.05) is 0 Å². The highest BCUT2D eigenvalue weighted by Crippen LogP contribution is 2.34. The largest absolute Gasteiger partial charge is 0.305 e. The number of nitrogens with one attached hydrogen (secondary N) is 1. The molecule has 0 saturated heterocycles. The lowest BCUT2D eigenvalue weighted by Crippen LogP contribution is -2.12. The normalized spacial score (nSPS) is 14.2. The molecule has 1 aromatic carbocycles. The van der Waals surface area contributed by atoms with Gasteiger partial charge in [0.05, 0.1) is 11.0 Å². The molecule has 136 valence electrons. The fraction of sp³-hybridized carbons (Fsp3) is 0.318. The van der Waals surface area contributed by atoms with Crippen LogP contribution in [-0.2, 0) is 12.8 Å². The SMILES string of the molecule is Cc1cc(C)c(/C=C(\C#N)c2nc3sc4c(c3c(=O)[nH]2)CCCC4)cc1C. The van der Waals surface area contributed by atoms with Gasteiger partial charge in [0.1, 0.15) is 10.9 Å². The molecule has 2 heterocycles. The van der Waals surface area contributed by atoms with Crippen molar-refractivity contribution in [2.45, 2.75) is 46.5 Å². The van der Waals surface area contributed by atoms with Crippen molar-refractivity contribution in [3.05, 3.63) is 61.0 Å². The molecule has 0 amide bonds. The number of benzene rings is 1. The van der Waals surface area contributed by atoms with Crippen molar-refractivity contribution < 1.29 is 0 Å². The second-order valence-electron chi connectivity index (χ2n) is 7.27. The third-order valence-corrected chi connectivity index (χ3v) is 6.57. The van der Waals surface area contributed by atoms with E-state index in [1.165, 1.54) is 22.4 Å². The van der Waals surface area contributed by atoms with Gasteiger partial charge in [-0.15, -0.1) is 11.3 Å². The number of nitriles is 1. The minimum Gasteiger partial charge on any atom is -0.305 e. The van der Waals surface area contributed by atoms with Crippen LogP contribution >= 0.6 is 11.3 Å². The van der Waals surface area contributed by atoms with E-state index in [9.17, 15) is 10.1 Å². The van der Waals surface area contributed by atoms with Crippen LogP contribution < -0.4 is 5.56 Å². The molecule has 1 N–H and O–H groups in total. The van der Waals surface area contributed by atoms with Crippen LogP contribution in [0.3, 0.4) is 0 Å². The van der Waals surface area contributed by atoms with Crippen molar-refractivity contribution in [2.24, 2.45) is 0 Å². The maximum atomic E-state index is 12.7. The summed E-state index contributed by atoms with van der Waals surface area (Å²) in [4.78, 5) is 22.3. The Morgan fingerprint density at radius 1 is 1.19 bits per heavy atom. The van der Waals surface area contributed by atoms with Gasteiger partial charge < -0.3 is 4.98 Å². The standard InChI is InChI=1S/C22H21N3OS/c1-12-8-14(3)15(9-13(12)2)10-16(11-23)20-24-21(26)19-17-6-4-5-7-18(17)27-22(19)25-20/h8-10H,4-7H2,1-3H3,(H,24,25,26)/b16-10+. The van der Waals surface area contributed by atoms with Crippen LogP contribution in [0.5, 0.6) is 0 Å². The summed E-state index contributed by atoms with van der Waals surface area (Å²) in [5.74, 6) is 0.353. The van der Waals surface area contributed by atoms with Crippen molar-refractivity contribution in [1.82, 2.24) is 9.97 Å². The number of aryl methyl sites for hydroxylation is 5. The van der Waals surface area contributed by atoms with Crippen molar-refractivity contribution in [3.8, 4) is 6.07 Å². The van der Waals surface area contributed by atoms with Gasteiger partial charge in [-0.1, -0.05) is 12.1 Å². The maximum absolute atomic E-state index is 12.7. The van der Waals surface area contributed by atoms with E-state index in [4.69, 9.17) is 0 Å². The summed E-state index contributed by atoms with van der Waals surface area (Å²) in [6.45, 7) is 6.16. The van der Waals surface area contributed by atoms with Gasteiger partial charge >= 0.3 is 0 Å². The van der Waals surface area contributed by atoms with Crippen molar-refractivity contribution in [3.63, 3.8) is 0 Å². The highest BCUT2D eigenvalue weighted by Gasteiger charge is 2.20. The summed E-state index contributed by atoms with van der Waals surface area (Å²) in [6.07, 6.45) is 6.07. The van der Waals surface area contributed by atoms with E-state index in [1.54, 1.807) is 11.3 Å². The highest BCUT2D eigenvalue weighted by atomic mass is 32.1. The third kappa shape index (κ3) is 3.11. The molecule has 3 aromatic rings. The molecule has 5 heteroatoms. The molecule has 2 aromatic heterocycles. The van der Waals surface area contributed by atoms with Gasteiger partial charge in [-0.25, -0.2) is 4.98 Å². The second-order valence-corrected chi connectivity index (χ2v) is 8.35. The number of H-pyrrole nitrogens is 1. The van der Waals surface area contributed by atoms with E-state index in [1.807, 2.05) is 13.0 Å². The molecule has 0 unspecified atom stereocenters. The Hall–Kier alpha value is -2.71. The van der Waals surface area contributed by atoms with Crippen molar-refractivity contribution >= 4 is 33.2 Å². The third-order valence-electron chi connectivity index (χ3n) is 5.38. The molecule has 0 saturated carbocycles. The zero-order valence-electron chi connectivity index (χ0n) is 15.8. The summed E-state index contributed by atoms with van der Waals surface area (Å²) < 4.78 is 0. The average molecular weight is 375 g/mol. The Morgan fingerprint density at radius 2 is 1.93 bits per heavy atom. The monoisotopic (exact) mass is 375 g/mol. The molecule has 1 aliphatic rings. The predicted octanol–water partition coefficient (Wildman–Crippen LogP) is 4.85. The van der Waals surface area contributed by atoms with Crippen LogP contribution in [0.25, 0.3) is 21.9 Å². The number of aromatic amines is 1. The minimum absolute atomic E-state index is 0.132. The Kier molecular flexibility index (Phi) is 4.45. The lowest BCUT2D eigenvalue weighted by Gasteiger charge is -2.09. The number of aromatic nitrogens is 2. The van der Waals surface area contributed by atoms with E-state index in [2.05, 4.69) is 42.0 Å². The highest BCUT2D eigenvalue weighted by molar-refractivity contribution is 7.18. The van der Waals surface area contributed by atoms with Gasteiger partial charge in [-0.05, 0) is 80.3 Å². The van der Waals surface area contributed by atoms with Crippen molar-refractivity contribution in [1.29, 1.82) is 5.26 Å². The van der Waals surface area contributed by atoms with Gasteiger partial charge in [-0.3, -0.25) is 4.79 Å². The Labute approximate surface area is 162 Å². The Morgan fingerprint density at radius 3 is 2.70 bits per heavy atom. The smallest absolute Gasteiger partial charge is 0.260 e. The van der Waals surface area contributed by atoms with E-state index in [0.29, 0.717) is 11.4 Å². The van der Waals surface area contributed by atoms with Crippen LogP contribution in [0, 0.1) is 32.1 Å². The van der Waals surface area contributed by atoms with E-state index in [-0.39, 0.29) is 5.56 Å². The minimum atomic E-state index is -0.132. The summed E-state index contributed by atoms with van der Waals surface area (Å²) in [6, 6.07) is 6.40. The zero-order valence-corrected chi connectivity index (χ0v) is 16.6. The Bertz CT molecular complexity index is 1190. The number of rotatable bonds is 2. The van der Waals surface area contributed by atoms with Crippen LogP contribution in [-0.4, -0.2) is 9.97 Å². The van der Waals surface area contributed by atoms with Gasteiger partial charge in [0, 0.05) is 4.88 Å². The lowest BCUT2D eigenvalue weighted by atomic mass is 9.97. The molecule has 4 rings (SSSR count). The molecule has 0 atom stereocenters. The first-order valence-corrected chi connectivity index (χ1v) is 10.0. The molecule has 0 fully saturated rings. The molecular weight excluding hydrogens is 354 g/mol. The van der Waals surface area contributed by atoms with Crippen LogP contribution in [0.4, 0.5) is 0 Å². The molecule has 4 nitrogen and oxygen atoms in total.